The smallest absolute Gasteiger partial charge is 0.259 e. The van der Waals surface area contributed by atoms with Gasteiger partial charge in [0.15, 0.2) is 0 Å². The molecule has 0 radical (unpaired) electrons. The van der Waals surface area contributed by atoms with Gasteiger partial charge < -0.3 is 9.84 Å². The Hall–Kier alpha value is -3.58. The Bertz CT molecular complexity index is 1420. The number of fused-ring (bicyclic) bond motifs is 2. The maximum atomic E-state index is 13.5. The third kappa shape index (κ3) is 3.35. The zero-order chi connectivity index (χ0) is 21.7. The zero-order valence-electron chi connectivity index (χ0n) is 17.4. The van der Waals surface area contributed by atoms with Crippen molar-refractivity contribution in [1.29, 1.82) is 0 Å². The summed E-state index contributed by atoms with van der Waals surface area (Å²) in [4.78, 5) is 22.9. The second-order valence-corrected chi connectivity index (χ2v) is 9.22. The third-order valence-electron chi connectivity index (χ3n) is 5.78. The van der Waals surface area contributed by atoms with Gasteiger partial charge in [0, 0.05) is 17.2 Å². The highest BCUT2D eigenvalue weighted by atomic mass is 32.1. The van der Waals surface area contributed by atoms with Crippen molar-refractivity contribution in [3.8, 4) is 11.3 Å². The van der Waals surface area contributed by atoms with Crippen molar-refractivity contribution in [3.05, 3.63) is 76.9 Å². The highest BCUT2D eigenvalue weighted by Crippen LogP contribution is 2.41. The molecule has 1 aliphatic rings. The summed E-state index contributed by atoms with van der Waals surface area (Å²) in [5.41, 5.74) is 4.32. The Balaban J connectivity index is 1.41. The molecule has 2 aromatic carbocycles. The van der Waals surface area contributed by atoms with Gasteiger partial charge in [-0.3, -0.25) is 4.79 Å². The molecule has 158 valence electrons. The number of carbonyl (C=O) groups excluding carboxylic acids is 1. The predicted octanol–water partition coefficient (Wildman–Crippen LogP) is 5.87. The van der Waals surface area contributed by atoms with Crippen LogP contribution in [-0.4, -0.2) is 21.0 Å². The molecule has 1 N–H and O–H groups in total. The second-order valence-electron chi connectivity index (χ2n) is 8.16. The van der Waals surface area contributed by atoms with Gasteiger partial charge in [-0.05, 0) is 38.0 Å². The van der Waals surface area contributed by atoms with E-state index in [0.717, 1.165) is 39.3 Å². The lowest BCUT2D eigenvalue weighted by Gasteiger charge is -2.13. The van der Waals surface area contributed by atoms with E-state index in [9.17, 15) is 4.79 Å². The number of nitrogens with zero attached hydrogens (tertiary/aromatic N) is 3. The van der Waals surface area contributed by atoms with Crippen LogP contribution < -0.4 is 5.32 Å². The number of hydrogen-bond acceptors (Lipinski definition) is 6. The molecule has 6 rings (SSSR count). The van der Waals surface area contributed by atoms with Crippen molar-refractivity contribution < 1.29 is 9.32 Å². The van der Waals surface area contributed by atoms with E-state index >= 15 is 0 Å². The normalized spacial score (nSPS) is 14.7. The average Bonchev–Trinajstić information content (AvgIpc) is 3.43. The summed E-state index contributed by atoms with van der Waals surface area (Å²) in [6.07, 6.45) is 2.17. The van der Waals surface area contributed by atoms with Gasteiger partial charge >= 0.3 is 0 Å². The fourth-order valence-corrected chi connectivity index (χ4v) is 4.91. The van der Waals surface area contributed by atoms with Crippen LogP contribution in [0, 0.1) is 0 Å². The lowest BCUT2D eigenvalue weighted by atomic mass is 10.0. The minimum Gasteiger partial charge on any atom is -0.343 e. The second kappa shape index (κ2) is 7.53. The monoisotopic (exact) mass is 440 g/mol. The van der Waals surface area contributed by atoms with Gasteiger partial charge in [0.25, 0.3) is 11.6 Å². The summed E-state index contributed by atoms with van der Waals surface area (Å²) in [5, 5.41) is 8.92. The average molecular weight is 441 g/mol. The van der Waals surface area contributed by atoms with Crippen LogP contribution >= 0.6 is 11.3 Å². The summed E-state index contributed by atoms with van der Waals surface area (Å²) in [6, 6.07) is 19.4. The number of thiazole rings is 1. The first-order valence-corrected chi connectivity index (χ1v) is 11.5. The van der Waals surface area contributed by atoms with Gasteiger partial charge in [0.05, 0.1) is 27.2 Å². The van der Waals surface area contributed by atoms with Gasteiger partial charge in [0.2, 0.25) is 0 Å². The van der Waals surface area contributed by atoms with Crippen LogP contribution in [0.15, 0.2) is 65.2 Å². The number of benzene rings is 2. The minimum atomic E-state index is -0.229. The molecular formula is C25H20N4O2S. The van der Waals surface area contributed by atoms with Gasteiger partial charge in [0.1, 0.15) is 10.7 Å². The fraction of sp³-hybridized carbons (Fsp3) is 0.200. The van der Waals surface area contributed by atoms with Crippen LogP contribution in [0.5, 0.6) is 0 Å². The van der Waals surface area contributed by atoms with Crippen molar-refractivity contribution in [2.24, 2.45) is 0 Å². The van der Waals surface area contributed by atoms with Crippen molar-refractivity contribution in [3.63, 3.8) is 0 Å². The number of para-hydroxylation sites is 1. The molecule has 3 aromatic heterocycles. The number of rotatable bonds is 5. The molecule has 1 unspecified atom stereocenters. The van der Waals surface area contributed by atoms with E-state index in [4.69, 9.17) is 9.51 Å². The van der Waals surface area contributed by atoms with Crippen LogP contribution in [0.4, 0.5) is 0 Å². The van der Waals surface area contributed by atoms with Gasteiger partial charge in [-0.2, -0.15) is 0 Å². The summed E-state index contributed by atoms with van der Waals surface area (Å²) >= 11 is 1.60. The highest BCUT2D eigenvalue weighted by molar-refractivity contribution is 7.18. The molecule has 0 saturated heterocycles. The molecule has 6 nitrogen and oxygen atoms in total. The van der Waals surface area contributed by atoms with Gasteiger partial charge in [-0.25, -0.2) is 9.97 Å². The van der Waals surface area contributed by atoms with Crippen LogP contribution in [0.3, 0.4) is 0 Å². The molecule has 1 aliphatic carbocycles. The third-order valence-corrected chi connectivity index (χ3v) is 7.00. The summed E-state index contributed by atoms with van der Waals surface area (Å²) in [7, 11) is 0. The number of amides is 1. The molecule has 1 amide bonds. The van der Waals surface area contributed by atoms with Crippen LogP contribution in [0.25, 0.3) is 32.6 Å². The summed E-state index contributed by atoms with van der Waals surface area (Å²) in [6.45, 7) is 1.96. The Labute approximate surface area is 188 Å². The molecular weight excluding hydrogens is 420 g/mol. The molecule has 0 bridgehead atoms. The molecule has 1 atom stereocenters. The van der Waals surface area contributed by atoms with Crippen LogP contribution in [0.1, 0.15) is 52.8 Å². The Morgan fingerprint density at radius 2 is 1.88 bits per heavy atom. The van der Waals surface area contributed by atoms with Crippen molar-refractivity contribution >= 4 is 38.6 Å². The largest absolute Gasteiger partial charge is 0.343 e. The molecule has 0 aliphatic heterocycles. The zero-order valence-corrected chi connectivity index (χ0v) is 18.2. The van der Waals surface area contributed by atoms with Crippen molar-refractivity contribution in [2.45, 2.75) is 31.7 Å². The molecule has 1 fully saturated rings. The quantitative estimate of drug-likeness (QED) is 0.370. The molecule has 0 spiro atoms. The topological polar surface area (TPSA) is 80.9 Å². The van der Waals surface area contributed by atoms with E-state index < -0.39 is 0 Å². The van der Waals surface area contributed by atoms with Crippen molar-refractivity contribution in [2.75, 3.05) is 0 Å². The maximum Gasteiger partial charge on any atom is 0.259 e. The minimum absolute atomic E-state index is 0.175. The Morgan fingerprint density at radius 1 is 1.09 bits per heavy atom. The van der Waals surface area contributed by atoms with E-state index in [1.807, 2.05) is 67.6 Å². The first-order valence-electron chi connectivity index (χ1n) is 10.7. The predicted molar refractivity (Wildman–Crippen MR) is 125 cm³/mol. The number of carbonyl (C=O) groups is 1. The molecule has 7 heteroatoms. The van der Waals surface area contributed by atoms with E-state index in [1.165, 1.54) is 0 Å². The lowest BCUT2D eigenvalue weighted by molar-refractivity contribution is 0.0941. The molecule has 1 saturated carbocycles. The maximum absolute atomic E-state index is 13.5. The van der Waals surface area contributed by atoms with Crippen molar-refractivity contribution in [1.82, 2.24) is 20.4 Å². The fourth-order valence-electron chi connectivity index (χ4n) is 3.94. The number of hydrogen-bond donors (Lipinski definition) is 1. The molecule has 3 heterocycles. The van der Waals surface area contributed by atoms with E-state index in [0.29, 0.717) is 28.3 Å². The standard InChI is InChI=1S/C25H20N4O2S/c1-14(25-28-18-9-5-6-10-20(18)32-25)26-23(30)17-13-19(15-11-12-15)27-24-21(17)22(29-31-24)16-7-3-2-4-8-16/h2-10,13-15H,11-12H2,1H3,(H,26,30). The van der Waals surface area contributed by atoms with E-state index in [1.54, 1.807) is 11.3 Å². The molecule has 5 aromatic rings. The first kappa shape index (κ1) is 19.1. The van der Waals surface area contributed by atoms with Gasteiger partial charge in [-0.1, -0.05) is 47.6 Å². The Kier molecular flexibility index (Phi) is 4.50. The van der Waals surface area contributed by atoms with Gasteiger partial charge in [-0.15, -0.1) is 11.3 Å². The first-order chi connectivity index (χ1) is 15.7. The van der Waals surface area contributed by atoms with E-state index in [-0.39, 0.29) is 11.9 Å². The SMILES string of the molecule is CC(NC(=O)c1cc(C2CC2)nc2onc(-c3ccccc3)c12)c1nc2ccccc2s1. The summed E-state index contributed by atoms with van der Waals surface area (Å²) in [5.74, 6) is 0.212. The molecule has 32 heavy (non-hydrogen) atoms. The number of aromatic nitrogens is 3. The summed E-state index contributed by atoms with van der Waals surface area (Å²) < 4.78 is 6.70. The number of nitrogens with one attached hydrogen (secondary N) is 1. The van der Waals surface area contributed by atoms with Crippen LogP contribution in [-0.2, 0) is 0 Å². The number of pyridine rings is 1. The van der Waals surface area contributed by atoms with Crippen LogP contribution in [0.2, 0.25) is 0 Å². The van der Waals surface area contributed by atoms with E-state index in [2.05, 4.69) is 15.5 Å². The highest BCUT2D eigenvalue weighted by Gasteiger charge is 2.30. The lowest BCUT2D eigenvalue weighted by Crippen LogP contribution is -2.27. The Morgan fingerprint density at radius 3 is 2.66 bits per heavy atom.